The molecular formula is C15H41NO3Si4. The zero-order chi connectivity index (χ0) is 18.5. The third kappa shape index (κ3) is 5.88. The SMILES string of the molecule is CCC(CC)(O[SiH](C)C)[Si](C)(O[SiH](C)C)OC(C)(CN)[SiH](C)C. The van der Waals surface area contributed by atoms with E-state index in [0.717, 1.165) is 12.8 Å². The smallest absolute Gasteiger partial charge is 0.356 e. The lowest BCUT2D eigenvalue weighted by Crippen LogP contribution is -2.69. The molecule has 8 heteroatoms. The van der Waals surface area contributed by atoms with Gasteiger partial charge in [0.1, 0.15) is 0 Å². The highest BCUT2D eigenvalue weighted by Gasteiger charge is 2.56. The Morgan fingerprint density at radius 3 is 1.70 bits per heavy atom. The highest BCUT2D eigenvalue weighted by Crippen LogP contribution is 2.38. The van der Waals surface area contributed by atoms with Crippen LogP contribution in [0.4, 0.5) is 0 Å². The maximum absolute atomic E-state index is 6.88. The van der Waals surface area contributed by atoms with E-state index in [1.807, 2.05) is 0 Å². The van der Waals surface area contributed by atoms with Gasteiger partial charge in [0.2, 0.25) is 0 Å². The minimum Gasteiger partial charge on any atom is -0.437 e. The van der Waals surface area contributed by atoms with E-state index >= 15 is 0 Å². The molecule has 0 heterocycles. The maximum Gasteiger partial charge on any atom is 0.356 e. The first-order valence-electron chi connectivity index (χ1n) is 9.17. The van der Waals surface area contributed by atoms with Gasteiger partial charge in [0.15, 0.2) is 18.1 Å². The van der Waals surface area contributed by atoms with Gasteiger partial charge in [-0.1, -0.05) is 26.9 Å². The first-order chi connectivity index (χ1) is 10.4. The van der Waals surface area contributed by atoms with Crippen molar-refractivity contribution in [2.24, 2.45) is 5.73 Å². The molecule has 0 aliphatic carbocycles. The van der Waals surface area contributed by atoms with Gasteiger partial charge in [-0.25, -0.2) is 0 Å². The Bertz CT molecular complexity index is 354. The number of rotatable bonds is 11. The van der Waals surface area contributed by atoms with Crippen LogP contribution in [0.1, 0.15) is 33.6 Å². The van der Waals surface area contributed by atoms with Gasteiger partial charge in [-0.2, -0.15) is 0 Å². The predicted molar refractivity (Wildman–Crippen MR) is 112 cm³/mol. The average Bonchev–Trinajstić information content (AvgIpc) is 2.42. The van der Waals surface area contributed by atoms with E-state index in [0.29, 0.717) is 6.54 Å². The molecule has 2 N–H and O–H groups in total. The normalized spacial score (nSPS) is 18.5. The van der Waals surface area contributed by atoms with E-state index in [1.165, 1.54) is 0 Å². The minimum absolute atomic E-state index is 0.234. The number of nitrogens with two attached hydrogens (primary N) is 1. The van der Waals surface area contributed by atoms with Crippen molar-refractivity contribution in [2.75, 3.05) is 6.54 Å². The average molecular weight is 396 g/mol. The molecule has 0 saturated heterocycles. The first kappa shape index (κ1) is 23.7. The van der Waals surface area contributed by atoms with Crippen molar-refractivity contribution >= 4 is 35.4 Å². The molecule has 0 aliphatic rings. The lowest BCUT2D eigenvalue weighted by atomic mass is 10.2. The predicted octanol–water partition coefficient (Wildman–Crippen LogP) is 2.92. The van der Waals surface area contributed by atoms with Crippen molar-refractivity contribution in [1.29, 1.82) is 0 Å². The van der Waals surface area contributed by atoms with Crippen LogP contribution in [0.2, 0.25) is 45.8 Å². The van der Waals surface area contributed by atoms with Crippen LogP contribution in [0.15, 0.2) is 0 Å². The van der Waals surface area contributed by atoms with E-state index in [2.05, 4.69) is 66.6 Å². The zero-order valence-electron chi connectivity index (χ0n) is 17.2. The largest absolute Gasteiger partial charge is 0.437 e. The molecular weight excluding hydrogens is 355 g/mol. The fourth-order valence-corrected chi connectivity index (χ4v) is 15.1. The van der Waals surface area contributed by atoms with Gasteiger partial charge in [-0.15, -0.1) is 0 Å². The van der Waals surface area contributed by atoms with Crippen molar-refractivity contribution in [1.82, 2.24) is 0 Å². The minimum atomic E-state index is -2.55. The van der Waals surface area contributed by atoms with Gasteiger partial charge < -0.3 is 18.7 Å². The molecule has 0 radical (unpaired) electrons. The van der Waals surface area contributed by atoms with E-state index in [9.17, 15) is 0 Å². The van der Waals surface area contributed by atoms with Gasteiger partial charge in [0.05, 0.1) is 19.2 Å². The summed E-state index contributed by atoms with van der Waals surface area (Å²) in [5, 5.41) is -0.494. The molecule has 4 nitrogen and oxygen atoms in total. The van der Waals surface area contributed by atoms with Gasteiger partial charge >= 0.3 is 8.56 Å². The molecule has 0 bridgehead atoms. The summed E-state index contributed by atoms with van der Waals surface area (Å²) in [5.41, 5.74) is 6.13. The molecule has 0 rings (SSSR count). The van der Waals surface area contributed by atoms with Crippen LogP contribution >= 0.6 is 0 Å². The highest BCUT2D eigenvalue weighted by molar-refractivity contribution is 6.77. The molecule has 2 atom stereocenters. The van der Waals surface area contributed by atoms with Gasteiger partial charge in [-0.3, -0.25) is 0 Å². The molecule has 0 aromatic heterocycles. The summed E-state index contributed by atoms with van der Waals surface area (Å²) in [6.07, 6.45) is 1.89. The lowest BCUT2D eigenvalue weighted by Gasteiger charge is -2.51. The molecule has 0 aromatic rings. The summed E-state index contributed by atoms with van der Waals surface area (Å²) in [4.78, 5) is 0. The van der Waals surface area contributed by atoms with Gasteiger partial charge in [0.25, 0.3) is 0 Å². The Morgan fingerprint density at radius 1 is 0.957 bits per heavy atom. The van der Waals surface area contributed by atoms with E-state index < -0.39 is 35.4 Å². The van der Waals surface area contributed by atoms with Gasteiger partial charge in [-0.05, 0) is 52.5 Å². The standard InChI is InChI=1S/C15H41NO3Si4/c1-11-15(12-2,17-21(6)7)23(10,19-22(8)9)18-14(3,13-16)20(4)5/h20-22H,11-13,16H2,1-10H3. The molecule has 0 fully saturated rings. The second-order valence-corrected chi connectivity index (χ2v) is 19.7. The molecule has 140 valence electrons. The number of hydrogen-bond donors (Lipinski definition) is 1. The Kier molecular flexibility index (Phi) is 9.71. The molecule has 0 amide bonds. The Hall–Kier alpha value is 0.708. The second-order valence-electron chi connectivity index (χ2n) is 7.75. The van der Waals surface area contributed by atoms with Crippen LogP contribution < -0.4 is 5.73 Å². The molecule has 0 aliphatic heterocycles. The topological polar surface area (TPSA) is 53.7 Å². The third-order valence-corrected chi connectivity index (χ3v) is 16.2. The third-order valence-electron chi connectivity index (χ3n) is 4.95. The summed E-state index contributed by atoms with van der Waals surface area (Å²) in [5.74, 6) is 0. The Morgan fingerprint density at radius 2 is 1.43 bits per heavy atom. The molecule has 0 spiro atoms. The monoisotopic (exact) mass is 395 g/mol. The van der Waals surface area contributed by atoms with Crippen molar-refractivity contribution < 1.29 is 13.0 Å². The highest BCUT2D eigenvalue weighted by atomic mass is 28.4. The van der Waals surface area contributed by atoms with Crippen LogP contribution in [0, 0.1) is 0 Å². The van der Waals surface area contributed by atoms with Crippen molar-refractivity contribution in [2.45, 2.75) is 89.9 Å². The molecule has 0 saturated carbocycles. The summed E-state index contributed by atoms with van der Waals surface area (Å²) >= 11 is 0. The van der Waals surface area contributed by atoms with Crippen LogP contribution in [-0.2, 0) is 13.0 Å². The summed E-state index contributed by atoms with van der Waals surface area (Å²) in [6.45, 7) is 23.0. The molecule has 23 heavy (non-hydrogen) atoms. The summed E-state index contributed by atoms with van der Waals surface area (Å²) < 4.78 is 20.2. The summed E-state index contributed by atoms with van der Waals surface area (Å²) in [6, 6.07) is 0. The van der Waals surface area contributed by atoms with Crippen molar-refractivity contribution in [3.8, 4) is 0 Å². The van der Waals surface area contributed by atoms with Crippen LogP contribution in [0.25, 0.3) is 0 Å². The number of hydrogen-bond acceptors (Lipinski definition) is 4. The lowest BCUT2D eigenvalue weighted by molar-refractivity contribution is 0.0401. The Labute approximate surface area is 150 Å². The maximum atomic E-state index is 6.88. The first-order valence-corrected chi connectivity index (χ1v) is 19.9. The van der Waals surface area contributed by atoms with Crippen LogP contribution in [0.5, 0.6) is 0 Å². The van der Waals surface area contributed by atoms with Crippen molar-refractivity contribution in [3.05, 3.63) is 0 Å². The fourth-order valence-electron chi connectivity index (χ4n) is 3.13. The molecule has 0 aromatic carbocycles. The summed E-state index contributed by atoms with van der Waals surface area (Å²) in [7, 11) is -6.10. The van der Waals surface area contributed by atoms with Crippen LogP contribution in [0.3, 0.4) is 0 Å². The Balaban J connectivity index is 5.94. The quantitative estimate of drug-likeness (QED) is 0.546. The molecule has 2 unspecified atom stereocenters. The van der Waals surface area contributed by atoms with Gasteiger partial charge in [0, 0.05) is 6.54 Å². The fraction of sp³-hybridized carbons (Fsp3) is 1.00. The van der Waals surface area contributed by atoms with E-state index in [1.54, 1.807) is 0 Å². The zero-order valence-corrected chi connectivity index (χ0v) is 21.6. The van der Waals surface area contributed by atoms with E-state index in [-0.39, 0.29) is 10.4 Å². The second kappa shape index (κ2) is 9.42. The van der Waals surface area contributed by atoms with E-state index in [4.69, 9.17) is 18.7 Å². The van der Waals surface area contributed by atoms with Crippen molar-refractivity contribution in [3.63, 3.8) is 0 Å². The van der Waals surface area contributed by atoms with Crippen LogP contribution in [-0.4, -0.2) is 52.4 Å².